The number of carbonyl (C=O) groups is 1. The molecule has 8 heteroatoms. The van der Waals surface area contributed by atoms with Gasteiger partial charge in [0.25, 0.3) is 0 Å². The number of aromatic amines is 1. The molecule has 1 amide bonds. The average molecular weight is 402 g/mol. The quantitative estimate of drug-likeness (QED) is 0.493. The van der Waals surface area contributed by atoms with Gasteiger partial charge in [-0.3, -0.25) is 14.5 Å². The third-order valence-electron chi connectivity index (χ3n) is 4.34. The summed E-state index contributed by atoms with van der Waals surface area (Å²) >= 11 is 5.29. The Morgan fingerprint density at radius 3 is 2.41 bits per heavy atom. The third kappa shape index (κ3) is 4.27. The topological polar surface area (TPSA) is 88.5 Å². The van der Waals surface area contributed by atoms with Crippen LogP contribution in [-0.4, -0.2) is 30.6 Å². The third-order valence-corrected chi connectivity index (χ3v) is 4.65. The van der Waals surface area contributed by atoms with E-state index in [-0.39, 0.29) is 12.5 Å². The van der Waals surface area contributed by atoms with Crippen molar-refractivity contribution >= 4 is 23.8 Å². The first-order valence-electron chi connectivity index (χ1n) is 9.00. The summed E-state index contributed by atoms with van der Waals surface area (Å²) in [6.45, 7) is 2.04. The lowest BCUT2D eigenvalue weighted by Crippen LogP contribution is -2.19. The minimum absolute atomic E-state index is 0.0268. The number of hydrogen-bond acceptors (Lipinski definition) is 5. The maximum Gasteiger partial charge on any atom is 0.244 e. The van der Waals surface area contributed by atoms with Crippen molar-refractivity contribution in [2.75, 3.05) is 5.32 Å². The SMILES string of the molecule is Cc1ccc(-c2n[nH]c(=S)n2CC(=O)Nc2cnc(-c3ccccc3)nc2)cc1. The molecule has 0 saturated carbocycles. The van der Waals surface area contributed by atoms with E-state index in [2.05, 4.69) is 25.5 Å². The van der Waals surface area contributed by atoms with Crippen molar-refractivity contribution in [2.24, 2.45) is 0 Å². The molecule has 0 fully saturated rings. The maximum atomic E-state index is 12.5. The lowest BCUT2D eigenvalue weighted by Gasteiger charge is -2.08. The molecule has 0 aliphatic rings. The monoisotopic (exact) mass is 402 g/mol. The zero-order chi connectivity index (χ0) is 20.2. The molecule has 0 saturated heterocycles. The second-order valence-electron chi connectivity index (χ2n) is 6.51. The fourth-order valence-electron chi connectivity index (χ4n) is 2.86. The van der Waals surface area contributed by atoms with Crippen molar-refractivity contribution in [1.82, 2.24) is 24.7 Å². The fraction of sp³-hybridized carbons (Fsp3) is 0.0952. The number of anilines is 1. The van der Waals surface area contributed by atoms with E-state index in [0.29, 0.717) is 22.1 Å². The first-order valence-corrected chi connectivity index (χ1v) is 9.40. The number of benzene rings is 2. The molecule has 29 heavy (non-hydrogen) atoms. The van der Waals surface area contributed by atoms with Crippen molar-refractivity contribution in [3.05, 3.63) is 77.3 Å². The van der Waals surface area contributed by atoms with Gasteiger partial charge in [0.05, 0.1) is 18.1 Å². The zero-order valence-electron chi connectivity index (χ0n) is 15.7. The Labute approximate surface area is 172 Å². The van der Waals surface area contributed by atoms with Gasteiger partial charge in [0.15, 0.2) is 16.4 Å². The van der Waals surface area contributed by atoms with Gasteiger partial charge in [-0.2, -0.15) is 5.10 Å². The van der Waals surface area contributed by atoms with Crippen LogP contribution in [0, 0.1) is 11.7 Å². The molecule has 2 aromatic carbocycles. The first-order chi connectivity index (χ1) is 14.1. The standard InChI is InChI=1S/C21H18N6OS/c1-14-7-9-16(10-8-14)20-25-26-21(29)27(20)13-18(28)24-17-11-22-19(23-12-17)15-5-3-2-4-6-15/h2-12H,13H2,1H3,(H,24,28)(H,26,29). The van der Waals surface area contributed by atoms with Crippen LogP contribution in [0.3, 0.4) is 0 Å². The second-order valence-corrected chi connectivity index (χ2v) is 6.90. The van der Waals surface area contributed by atoms with Gasteiger partial charge in [0, 0.05) is 11.1 Å². The molecule has 0 aliphatic carbocycles. The summed E-state index contributed by atoms with van der Waals surface area (Å²) in [7, 11) is 0. The molecule has 144 valence electrons. The Balaban J connectivity index is 1.49. The fourth-order valence-corrected chi connectivity index (χ4v) is 3.06. The Morgan fingerprint density at radius 1 is 1.03 bits per heavy atom. The highest BCUT2D eigenvalue weighted by atomic mass is 32.1. The lowest BCUT2D eigenvalue weighted by molar-refractivity contribution is -0.116. The largest absolute Gasteiger partial charge is 0.322 e. The number of rotatable bonds is 5. The summed E-state index contributed by atoms with van der Waals surface area (Å²) < 4.78 is 2.04. The van der Waals surface area contributed by atoms with Crippen LogP contribution in [-0.2, 0) is 11.3 Å². The molecule has 4 aromatic rings. The predicted molar refractivity (Wildman–Crippen MR) is 114 cm³/mol. The molecule has 0 aliphatic heterocycles. The van der Waals surface area contributed by atoms with Crippen molar-refractivity contribution in [3.8, 4) is 22.8 Å². The molecule has 2 N–H and O–H groups in total. The average Bonchev–Trinajstić information content (AvgIpc) is 3.10. The summed E-state index contributed by atoms with van der Waals surface area (Å²) in [6, 6.07) is 17.5. The Hall–Kier alpha value is -3.65. The van der Waals surface area contributed by atoms with Crippen molar-refractivity contribution < 1.29 is 4.79 Å². The van der Waals surface area contributed by atoms with Crippen LogP contribution in [0.4, 0.5) is 5.69 Å². The van der Waals surface area contributed by atoms with Crippen LogP contribution in [0.5, 0.6) is 0 Å². The summed E-state index contributed by atoms with van der Waals surface area (Å²) in [5.41, 5.74) is 3.46. The molecule has 7 nitrogen and oxygen atoms in total. The van der Waals surface area contributed by atoms with Crippen LogP contribution in [0.15, 0.2) is 67.0 Å². The lowest BCUT2D eigenvalue weighted by atomic mass is 10.1. The molecule has 0 spiro atoms. The zero-order valence-corrected chi connectivity index (χ0v) is 16.5. The molecule has 2 heterocycles. The number of nitrogens with zero attached hydrogens (tertiary/aromatic N) is 4. The van der Waals surface area contributed by atoms with E-state index >= 15 is 0 Å². The smallest absolute Gasteiger partial charge is 0.244 e. The summed E-state index contributed by atoms with van der Waals surface area (Å²) in [5, 5.41) is 9.82. The Kier molecular flexibility index (Phi) is 5.26. The highest BCUT2D eigenvalue weighted by Crippen LogP contribution is 2.18. The van der Waals surface area contributed by atoms with Gasteiger partial charge < -0.3 is 5.32 Å². The second kappa shape index (κ2) is 8.15. The van der Waals surface area contributed by atoms with Gasteiger partial charge in [0.1, 0.15) is 6.54 Å². The van der Waals surface area contributed by atoms with E-state index in [9.17, 15) is 4.79 Å². The van der Waals surface area contributed by atoms with E-state index < -0.39 is 0 Å². The molecule has 0 bridgehead atoms. The van der Waals surface area contributed by atoms with Gasteiger partial charge in [0.2, 0.25) is 5.91 Å². The molecule has 2 aromatic heterocycles. The number of aromatic nitrogens is 5. The molecule has 0 unspecified atom stereocenters. The maximum absolute atomic E-state index is 12.5. The molecule has 0 radical (unpaired) electrons. The van der Waals surface area contributed by atoms with Crippen LogP contribution in [0.1, 0.15) is 5.56 Å². The minimum Gasteiger partial charge on any atom is -0.322 e. The van der Waals surface area contributed by atoms with Gasteiger partial charge in [-0.05, 0) is 19.1 Å². The number of carbonyl (C=O) groups excluding carboxylic acids is 1. The van der Waals surface area contributed by atoms with E-state index in [1.165, 1.54) is 0 Å². The number of nitrogens with one attached hydrogen (secondary N) is 2. The van der Waals surface area contributed by atoms with E-state index in [1.807, 2.05) is 61.5 Å². The highest BCUT2D eigenvalue weighted by molar-refractivity contribution is 7.71. The van der Waals surface area contributed by atoms with Crippen LogP contribution in [0.2, 0.25) is 0 Å². The highest BCUT2D eigenvalue weighted by Gasteiger charge is 2.13. The minimum atomic E-state index is -0.244. The van der Waals surface area contributed by atoms with Gasteiger partial charge in [-0.1, -0.05) is 60.2 Å². The predicted octanol–water partition coefficient (Wildman–Crippen LogP) is 4.01. The van der Waals surface area contributed by atoms with Crippen LogP contribution in [0.25, 0.3) is 22.8 Å². The van der Waals surface area contributed by atoms with Gasteiger partial charge >= 0.3 is 0 Å². The molecule has 4 rings (SSSR count). The van der Waals surface area contributed by atoms with Gasteiger partial charge in [-0.25, -0.2) is 9.97 Å². The van der Waals surface area contributed by atoms with E-state index in [0.717, 1.165) is 16.7 Å². The summed E-state index contributed by atoms with van der Waals surface area (Å²) in [6.07, 6.45) is 3.17. The van der Waals surface area contributed by atoms with Crippen LogP contribution >= 0.6 is 12.2 Å². The molecular formula is C21H18N6OS. The number of hydrogen-bond donors (Lipinski definition) is 2. The van der Waals surface area contributed by atoms with Crippen molar-refractivity contribution in [1.29, 1.82) is 0 Å². The summed E-state index contributed by atoms with van der Waals surface area (Å²) in [5.74, 6) is 0.968. The van der Waals surface area contributed by atoms with Crippen molar-refractivity contribution in [2.45, 2.75) is 13.5 Å². The number of aryl methyl sites for hydroxylation is 1. The van der Waals surface area contributed by atoms with E-state index in [4.69, 9.17) is 12.2 Å². The van der Waals surface area contributed by atoms with Crippen molar-refractivity contribution in [3.63, 3.8) is 0 Å². The first kappa shape index (κ1) is 18.7. The van der Waals surface area contributed by atoms with Crippen LogP contribution < -0.4 is 5.32 Å². The normalized spacial score (nSPS) is 10.7. The number of amides is 1. The molecular weight excluding hydrogens is 384 g/mol. The Morgan fingerprint density at radius 2 is 1.72 bits per heavy atom. The summed E-state index contributed by atoms with van der Waals surface area (Å²) in [4.78, 5) is 21.2. The molecule has 0 atom stereocenters. The Bertz CT molecular complexity index is 1180. The van der Waals surface area contributed by atoms with E-state index in [1.54, 1.807) is 17.0 Å². The number of H-pyrrole nitrogens is 1. The van der Waals surface area contributed by atoms with Gasteiger partial charge in [-0.15, -0.1) is 0 Å².